The Morgan fingerprint density at radius 2 is 2.09 bits per heavy atom. The first-order valence-corrected chi connectivity index (χ1v) is 7.64. The van der Waals surface area contributed by atoms with E-state index in [2.05, 4.69) is 20.6 Å². The van der Waals surface area contributed by atoms with E-state index in [0.717, 1.165) is 17.9 Å². The van der Waals surface area contributed by atoms with Crippen LogP contribution in [0.3, 0.4) is 0 Å². The molecule has 1 saturated carbocycles. The molecule has 22 heavy (non-hydrogen) atoms. The van der Waals surface area contributed by atoms with E-state index < -0.39 is 0 Å². The zero-order valence-corrected chi connectivity index (χ0v) is 13.5. The van der Waals surface area contributed by atoms with Crippen molar-refractivity contribution in [2.75, 3.05) is 12.4 Å². The van der Waals surface area contributed by atoms with E-state index >= 15 is 0 Å². The Morgan fingerprint density at radius 3 is 2.86 bits per heavy atom. The van der Waals surface area contributed by atoms with Gasteiger partial charge in [0.1, 0.15) is 5.75 Å². The van der Waals surface area contributed by atoms with Gasteiger partial charge < -0.3 is 15.4 Å². The maximum atomic E-state index is 6.05. The van der Waals surface area contributed by atoms with Crippen molar-refractivity contribution in [2.45, 2.75) is 18.4 Å². The quantitative estimate of drug-likeness (QED) is 0.838. The molecule has 0 aromatic carbocycles. The second kappa shape index (κ2) is 6.46. The Morgan fingerprint density at radius 1 is 1.32 bits per heavy atom. The van der Waals surface area contributed by atoms with E-state index in [1.807, 2.05) is 12.1 Å². The molecule has 1 fully saturated rings. The molecular weight excluding hydrogens is 320 g/mol. The summed E-state index contributed by atoms with van der Waals surface area (Å²) >= 11 is 11.3. The predicted molar refractivity (Wildman–Crippen MR) is 90.5 cm³/mol. The number of pyridine rings is 2. The van der Waals surface area contributed by atoms with Crippen LogP contribution in [0.4, 0.5) is 5.82 Å². The fourth-order valence-corrected chi connectivity index (χ4v) is 2.72. The van der Waals surface area contributed by atoms with Crippen molar-refractivity contribution in [2.24, 2.45) is 0 Å². The van der Waals surface area contributed by atoms with Crippen LogP contribution in [0.25, 0.3) is 0 Å². The molecule has 7 heteroatoms. The summed E-state index contributed by atoms with van der Waals surface area (Å²) in [6.07, 6.45) is 4.40. The summed E-state index contributed by atoms with van der Waals surface area (Å²) in [4.78, 5) is 8.55. The molecule has 2 aromatic rings. The van der Waals surface area contributed by atoms with Crippen LogP contribution < -0.4 is 15.4 Å². The lowest BCUT2D eigenvalue weighted by atomic mass is 10.2. The number of nitrogens with zero attached hydrogens (tertiary/aromatic N) is 2. The maximum Gasteiger partial charge on any atom is 0.172 e. The number of halogens is 1. The Balaban J connectivity index is 1.59. The molecule has 3 rings (SSSR count). The first-order chi connectivity index (χ1) is 10.7. The third-order valence-electron chi connectivity index (χ3n) is 3.47. The van der Waals surface area contributed by atoms with Gasteiger partial charge in [0.15, 0.2) is 10.9 Å². The number of rotatable bonds is 4. The summed E-state index contributed by atoms with van der Waals surface area (Å²) in [5.74, 6) is 1.66. The first kappa shape index (κ1) is 15.0. The Bertz CT molecular complexity index is 697. The average Bonchev–Trinajstić information content (AvgIpc) is 3.28. The standard InChI is InChI=1S/C15H15ClN4OS/c1-21-12-5-3-6-17-13(12)9-8-11(9)19-15(22)20-14-10(16)4-2-7-18-14/h2-7,9,11H,8H2,1H3,(H2,18,19,20,22). The average molecular weight is 335 g/mol. The minimum atomic E-state index is 0.242. The fraction of sp³-hybridized carbons (Fsp3) is 0.267. The fourth-order valence-electron chi connectivity index (χ4n) is 2.30. The highest BCUT2D eigenvalue weighted by molar-refractivity contribution is 7.80. The minimum Gasteiger partial charge on any atom is -0.495 e. The van der Waals surface area contributed by atoms with Gasteiger partial charge in [-0.3, -0.25) is 4.98 Å². The highest BCUT2D eigenvalue weighted by Crippen LogP contribution is 2.43. The van der Waals surface area contributed by atoms with Gasteiger partial charge >= 0.3 is 0 Å². The third kappa shape index (κ3) is 3.28. The van der Waals surface area contributed by atoms with Gasteiger partial charge in [0.05, 0.1) is 17.8 Å². The molecular formula is C15H15ClN4OS. The van der Waals surface area contributed by atoms with Crippen molar-refractivity contribution in [3.63, 3.8) is 0 Å². The van der Waals surface area contributed by atoms with Gasteiger partial charge in [-0.2, -0.15) is 0 Å². The van der Waals surface area contributed by atoms with E-state index in [9.17, 15) is 0 Å². The minimum absolute atomic E-state index is 0.242. The van der Waals surface area contributed by atoms with Crippen molar-refractivity contribution in [3.05, 3.63) is 47.4 Å². The molecule has 0 amide bonds. The second-order valence-electron chi connectivity index (χ2n) is 4.97. The first-order valence-electron chi connectivity index (χ1n) is 6.86. The van der Waals surface area contributed by atoms with Crippen LogP contribution in [-0.2, 0) is 0 Å². The molecule has 2 unspecified atom stereocenters. The molecule has 2 atom stereocenters. The smallest absolute Gasteiger partial charge is 0.172 e. The van der Waals surface area contributed by atoms with Gasteiger partial charge in [-0.1, -0.05) is 11.6 Å². The van der Waals surface area contributed by atoms with E-state index in [1.54, 1.807) is 31.6 Å². The van der Waals surface area contributed by atoms with Crippen molar-refractivity contribution in [3.8, 4) is 5.75 Å². The number of hydrogen-bond acceptors (Lipinski definition) is 4. The molecule has 2 heterocycles. The summed E-state index contributed by atoms with van der Waals surface area (Å²) in [6.45, 7) is 0. The molecule has 2 aromatic heterocycles. The summed E-state index contributed by atoms with van der Waals surface area (Å²) in [5, 5.41) is 7.30. The highest BCUT2D eigenvalue weighted by atomic mass is 35.5. The number of aromatic nitrogens is 2. The Hall–Kier alpha value is -1.92. The summed E-state index contributed by atoms with van der Waals surface area (Å²) in [5.41, 5.74) is 0.959. The zero-order valence-electron chi connectivity index (χ0n) is 11.9. The van der Waals surface area contributed by atoms with E-state index in [-0.39, 0.29) is 6.04 Å². The molecule has 0 aliphatic heterocycles. The van der Waals surface area contributed by atoms with E-state index in [1.165, 1.54) is 0 Å². The van der Waals surface area contributed by atoms with Crippen LogP contribution in [0, 0.1) is 0 Å². The highest BCUT2D eigenvalue weighted by Gasteiger charge is 2.41. The topological polar surface area (TPSA) is 59.1 Å². The summed E-state index contributed by atoms with van der Waals surface area (Å²) in [7, 11) is 1.65. The molecule has 0 spiro atoms. The van der Waals surface area contributed by atoms with Crippen LogP contribution in [0.15, 0.2) is 36.7 Å². The summed E-state index contributed by atoms with van der Waals surface area (Å²) in [6, 6.07) is 7.56. The molecule has 0 saturated heterocycles. The molecule has 0 radical (unpaired) electrons. The van der Waals surface area contributed by atoms with E-state index in [4.69, 9.17) is 28.6 Å². The normalized spacial score (nSPS) is 19.4. The van der Waals surface area contributed by atoms with Gasteiger partial charge in [-0.15, -0.1) is 0 Å². The van der Waals surface area contributed by atoms with Gasteiger partial charge in [0, 0.05) is 24.4 Å². The van der Waals surface area contributed by atoms with Gasteiger partial charge in [-0.25, -0.2) is 4.98 Å². The van der Waals surface area contributed by atoms with E-state index in [0.29, 0.717) is 21.9 Å². The molecule has 5 nitrogen and oxygen atoms in total. The zero-order chi connectivity index (χ0) is 15.5. The lowest BCUT2D eigenvalue weighted by Gasteiger charge is -2.11. The van der Waals surface area contributed by atoms with Crippen LogP contribution >= 0.6 is 23.8 Å². The molecule has 2 N–H and O–H groups in total. The van der Waals surface area contributed by atoms with Crippen LogP contribution in [0.5, 0.6) is 5.75 Å². The largest absolute Gasteiger partial charge is 0.495 e. The van der Waals surface area contributed by atoms with Crippen LogP contribution in [0.2, 0.25) is 5.02 Å². The molecule has 114 valence electrons. The van der Waals surface area contributed by atoms with Gasteiger partial charge in [0.25, 0.3) is 0 Å². The predicted octanol–water partition coefficient (Wildman–Crippen LogP) is 2.98. The van der Waals surface area contributed by atoms with Gasteiger partial charge in [0.2, 0.25) is 0 Å². The number of thiocarbonyl (C=S) groups is 1. The van der Waals surface area contributed by atoms with Crippen molar-refractivity contribution < 1.29 is 4.74 Å². The van der Waals surface area contributed by atoms with Crippen molar-refractivity contribution >= 4 is 34.7 Å². The number of methoxy groups -OCH3 is 1. The molecule has 1 aliphatic carbocycles. The third-order valence-corrected chi connectivity index (χ3v) is 3.99. The van der Waals surface area contributed by atoms with Crippen LogP contribution in [-0.4, -0.2) is 28.2 Å². The summed E-state index contributed by atoms with van der Waals surface area (Å²) < 4.78 is 5.35. The molecule has 0 bridgehead atoms. The van der Waals surface area contributed by atoms with Gasteiger partial charge in [-0.05, 0) is 42.9 Å². The van der Waals surface area contributed by atoms with Crippen molar-refractivity contribution in [1.82, 2.24) is 15.3 Å². The maximum absolute atomic E-state index is 6.05. The number of ether oxygens (including phenoxy) is 1. The number of anilines is 1. The lowest BCUT2D eigenvalue weighted by Crippen LogP contribution is -2.31. The lowest BCUT2D eigenvalue weighted by molar-refractivity contribution is 0.406. The SMILES string of the molecule is COc1cccnc1C1CC1NC(=S)Nc1ncccc1Cl. The second-order valence-corrected chi connectivity index (χ2v) is 5.79. The van der Waals surface area contributed by atoms with Crippen molar-refractivity contribution in [1.29, 1.82) is 0 Å². The number of nitrogens with one attached hydrogen (secondary N) is 2. The monoisotopic (exact) mass is 334 g/mol. The molecule has 1 aliphatic rings. The number of hydrogen-bond donors (Lipinski definition) is 2. The Kier molecular flexibility index (Phi) is 4.40. The Labute approximate surface area is 139 Å². The van der Waals surface area contributed by atoms with Crippen LogP contribution in [0.1, 0.15) is 18.0 Å².